The monoisotopic (exact) mass is 437 g/mol. The first-order chi connectivity index (χ1) is 15.6. The number of amides is 2. The number of nitrogens with zero attached hydrogens (tertiary/aromatic N) is 4. The number of likely N-dealkylation sites (tertiary alicyclic amines) is 2. The van der Waals surface area contributed by atoms with E-state index in [1.54, 1.807) is 4.68 Å². The van der Waals surface area contributed by atoms with Crippen molar-refractivity contribution in [2.45, 2.75) is 45.4 Å². The molecule has 32 heavy (non-hydrogen) atoms. The molecule has 0 radical (unpaired) electrons. The van der Waals surface area contributed by atoms with Crippen LogP contribution in [0.25, 0.3) is 5.69 Å². The van der Waals surface area contributed by atoms with Gasteiger partial charge in [-0.3, -0.25) is 9.59 Å². The van der Waals surface area contributed by atoms with Gasteiger partial charge in [-0.15, -0.1) is 0 Å². The van der Waals surface area contributed by atoms with E-state index in [0.29, 0.717) is 31.0 Å². The summed E-state index contributed by atoms with van der Waals surface area (Å²) in [7, 11) is 0. The Labute approximate surface area is 190 Å². The first-order valence-corrected chi connectivity index (χ1v) is 12.0. The average Bonchev–Trinajstić information content (AvgIpc) is 3.22. The van der Waals surface area contributed by atoms with E-state index < -0.39 is 0 Å². The highest BCUT2D eigenvalue weighted by Crippen LogP contribution is 2.23. The van der Waals surface area contributed by atoms with Gasteiger partial charge in [0.25, 0.3) is 5.91 Å². The summed E-state index contributed by atoms with van der Waals surface area (Å²) in [4.78, 5) is 29.8. The van der Waals surface area contributed by atoms with Crippen molar-refractivity contribution in [2.24, 2.45) is 5.92 Å². The Hall–Kier alpha value is -2.67. The summed E-state index contributed by atoms with van der Waals surface area (Å²) in [6, 6.07) is 9.84. The van der Waals surface area contributed by atoms with Crippen molar-refractivity contribution in [3.05, 3.63) is 47.8 Å². The normalized spacial score (nSPS) is 18.0. The molecule has 1 N–H and O–H groups in total. The fraction of sp³-hybridized carbons (Fsp3) is 0.560. The van der Waals surface area contributed by atoms with Crippen LogP contribution in [0.1, 0.15) is 54.6 Å². The molecule has 1 aromatic carbocycles. The van der Waals surface area contributed by atoms with Crippen molar-refractivity contribution >= 4 is 11.8 Å². The molecule has 2 fully saturated rings. The van der Waals surface area contributed by atoms with Crippen molar-refractivity contribution in [1.82, 2.24) is 24.9 Å². The molecule has 2 amide bonds. The highest BCUT2D eigenvalue weighted by molar-refractivity contribution is 5.95. The molecule has 7 nitrogen and oxygen atoms in total. The Kier molecular flexibility index (Phi) is 7.58. The van der Waals surface area contributed by atoms with Crippen LogP contribution in [0.5, 0.6) is 0 Å². The van der Waals surface area contributed by atoms with Crippen LogP contribution in [0.2, 0.25) is 0 Å². The highest BCUT2D eigenvalue weighted by Gasteiger charge is 2.27. The Bertz CT molecular complexity index is 896. The molecule has 2 aliphatic rings. The first kappa shape index (κ1) is 22.5. The number of hydrogen-bond donors (Lipinski definition) is 1. The van der Waals surface area contributed by atoms with Gasteiger partial charge in [0.15, 0.2) is 0 Å². The molecule has 2 saturated heterocycles. The Morgan fingerprint density at radius 3 is 2.47 bits per heavy atom. The summed E-state index contributed by atoms with van der Waals surface area (Å²) >= 11 is 0. The number of aromatic nitrogens is 2. The number of piperidine rings is 2. The third-order valence-electron chi connectivity index (χ3n) is 6.72. The van der Waals surface area contributed by atoms with Crippen LogP contribution >= 0.6 is 0 Å². The molecule has 3 heterocycles. The summed E-state index contributed by atoms with van der Waals surface area (Å²) < 4.78 is 1.77. The van der Waals surface area contributed by atoms with Crippen LogP contribution in [-0.4, -0.2) is 70.7 Å². The molecule has 7 heteroatoms. The van der Waals surface area contributed by atoms with Crippen molar-refractivity contribution in [1.29, 1.82) is 0 Å². The molecular weight excluding hydrogens is 402 g/mol. The zero-order valence-corrected chi connectivity index (χ0v) is 19.1. The molecule has 0 spiro atoms. The second kappa shape index (κ2) is 10.8. The van der Waals surface area contributed by atoms with Crippen LogP contribution in [0.3, 0.4) is 0 Å². The fourth-order valence-corrected chi connectivity index (χ4v) is 4.76. The maximum Gasteiger partial charge on any atom is 0.257 e. The van der Waals surface area contributed by atoms with E-state index in [2.05, 4.69) is 15.3 Å². The van der Waals surface area contributed by atoms with Crippen molar-refractivity contribution in [2.75, 3.05) is 39.3 Å². The molecule has 4 rings (SSSR count). The topological polar surface area (TPSA) is 70.5 Å². The highest BCUT2D eigenvalue weighted by atomic mass is 16.2. The lowest BCUT2D eigenvalue weighted by Crippen LogP contribution is -2.41. The van der Waals surface area contributed by atoms with Gasteiger partial charge in [-0.2, -0.15) is 5.10 Å². The third kappa shape index (κ3) is 5.76. The number of carbonyl (C=O) groups is 2. The lowest BCUT2D eigenvalue weighted by molar-refractivity contribution is -0.122. The number of nitrogens with one attached hydrogen (secondary N) is 1. The molecule has 2 aromatic rings. The lowest BCUT2D eigenvalue weighted by Gasteiger charge is -2.31. The Balaban J connectivity index is 1.22. The van der Waals surface area contributed by atoms with E-state index in [1.165, 1.54) is 19.3 Å². The van der Waals surface area contributed by atoms with Gasteiger partial charge in [0.2, 0.25) is 5.91 Å². The summed E-state index contributed by atoms with van der Waals surface area (Å²) in [5, 5.41) is 7.62. The number of carbonyl (C=O) groups excluding carboxylic acids is 2. The van der Waals surface area contributed by atoms with Gasteiger partial charge in [-0.1, -0.05) is 24.6 Å². The quantitative estimate of drug-likeness (QED) is 0.723. The number of benzene rings is 1. The second-order valence-electron chi connectivity index (χ2n) is 9.10. The van der Waals surface area contributed by atoms with Gasteiger partial charge >= 0.3 is 0 Å². The van der Waals surface area contributed by atoms with Gasteiger partial charge in [0.05, 0.1) is 16.9 Å². The molecule has 2 aliphatic heterocycles. The van der Waals surface area contributed by atoms with Crippen LogP contribution in [0, 0.1) is 12.8 Å². The summed E-state index contributed by atoms with van der Waals surface area (Å²) in [6.07, 6.45) is 8.02. The average molecular weight is 438 g/mol. The van der Waals surface area contributed by atoms with E-state index in [4.69, 9.17) is 0 Å². The van der Waals surface area contributed by atoms with Gasteiger partial charge < -0.3 is 15.1 Å². The number of para-hydroxylation sites is 1. The molecule has 0 aliphatic carbocycles. The van der Waals surface area contributed by atoms with Crippen molar-refractivity contribution in [3.63, 3.8) is 0 Å². The minimum absolute atomic E-state index is 0.0362. The Morgan fingerprint density at radius 2 is 1.75 bits per heavy atom. The number of aryl methyl sites for hydroxylation is 1. The van der Waals surface area contributed by atoms with Crippen LogP contribution in [0.4, 0.5) is 0 Å². The zero-order chi connectivity index (χ0) is 22.3. The number of rotatable bonds is 7. The lowest BCUT2D eigenvalue weighted by atomic mass is 9.93. The molecule has 1 aromatic heterocycles. The predicted molar refractivity (Wildman–Crippen MR) is 125 cm³/mol. The van der Waals surface area contributed by atoms with E-state index in [9.17, 15) is 9.59 Å². The summed E-state index contributed by atoms with van der Waals surface area (Å²) in [5.41, 5.74) is 2.34. The molecule has 0 atom stereocenters. The minimum atomic E-state index is 0.0362. The molecule has 0 bridgehead atoms. The SMILES string of the molecule is Cc1nn(-c2ccccc2)cc1C(=O)N1CCC(CC(=O)NCCN2CCCCC2)CC1. The van der Waals surface area contributed by atoms with Crippen LogP contribution in [-0.2, 0) is 4.79 Å². The van der Waals surface area contributed by atoms with Crippen LogP contribution < -0.4 is 5.32 Å². The maximum atomic E-state index is 13.1. The fourth-order valence-electron chi connectivity index (χ4n) is 4.76. The largest absolute Gasteiger partial charge is 0.355 e. The Morgan fingerprint density at radius 1 is 1.03 bits per heavy atom. The molecular formula is C25H35N5O2. The van der Waals surface area contributed by atoms with Crippen molar-refractivity contribution < 1.29 is 9.59 Å². The van der Waals surface area contributed by atoms with Gasteiger partial charge in [0, 0.05) is 38.8 Å². The molecule has 172 valence electrons. The van der Waals surface area contributed by atoms with E-state index in [1.807, 2.05) is 48.4 Å². The van der Waals surface area contributed by atoms with E-state index in [-0.39, 0.29) is 11.8 Å². The van der Waals surface area contributed by atoms with Crippen LogP contribution in [0.15, 0.2) is 36.5 Å². The van der Waals surface area contributed by atoms with Gasteiger partial charge in [-0.25, -0.2) is 4.68 Å². The predicted octanol–water partition coefficient (Wildman–Crippen LogP) is 3.03. The maximum absolute atomic E-state index is 13.1. The smallest absolute Gasteiger partial charge is 0.257 e. The van der Waals surface area contributed by atoms with Gasteiger partial charge in [-0.05, 0) is 63.7 Å². The van der Waals surface area contributed by atoms with E-state index in [0.717, 1.165) is 50.4 Å². The number of hydrogen-bond acceptors (Lipinski definition) is 4. The second-order valence-corrected chi connectivity index (χ2v) is 9.10. The third-order valence-corrected chi connectivity index (χ3v) is 6.72. The zero-order valence-electron chi connectivity index (χ0n) is 19.1. The first-order valence-electron chi connectivity index (χ1n) is 12.0. The summed E-state index contributed by atoms with van der Waals surface area (Å²) in [6.45, 7) is 7.28. The van der Waals surface area contributed by atoms with Crippen molar-refractivity contribution in [3.8, 4) is 5.69 Å². The van der Waals surface area contributed by atoms with E-state index >= 15 is 0 Å². The van der Waals surface area contributed by atoms with Gasteiger partial charge in [0.1, 0.15) is 0 Å². The minimum Gasteiger partial charge on any atom is -0.355 e. The molecule has 0 unspecified atom stereocenters. The summed E-state index contributed by atoms with van der Waals surface area (Å²) in [5.74, 6) is 0.531. The standard InChI is InChI=1S/C25H35N5O2/c1-20-23(19-30(27-20)22-8-4-2-5-9-22)25(32)29-15-10-21(11-16-29)18-24(31)26-12-17-28-13-6-3-7-14-28/h2,4-5,8-9,19,21H,3,6-7,10-18H2,1H3,(H,26,31). The molecule has 0 saturated carbocycles.